The standard InChI is InChI=1S/C22H21Cl2NO2/c1-26-20-9-5-16(6-10-20)13-25-14-17-3-2-4-21(11-17)27-15-18-7-8-19(23)12-22(18)24/h2-12,25H,13-15H2,1H3. The molecule has 0 radical (unpaired) electrons. The molecule has 0 amide bonds. The average molecular weight is 402 g/mol. The molecule has 0 aromatic heterocycles. The first-order valence-corrected chi connectivity index (χ1v) is 9.39. The van der Waals surface area contributed by atoms with Gasteiger partial charge in [0.05, 0.1) is 7.11 Å². The molecule has 0 saturated heterocycles. The van der Waals surface area contributed by atoms with Crippen LogP contribution in [0.5, 0.6) is 11.5 Å². The Morgan fingerprint density at radius 1 is 0.815 bits per heavy atom. The number of benzene rings is 3. The van der Waals surface area contributed by atoms with Crippen LogP contribution >= 0.6 is 23.2 Å². The van der Waals surface area contributed by atoms with Gasteiger partial charge in [-0.25, -0.2) is 0 Å². The predicted molar refractivity (Wildman–Crippen MR) is 111 cm³/mol. The van der Waals surface area contributed by atoms with E-state index in [9.17, 15) is 0 Å². The van der Waals surface area contributed by atoms with Gasteiger partial charge in [-0.05, 0) is 47.5 Å². The van der Waals surface area contributed by atoms with E-state index >= 15 is 0 Å². The van der Waals surface area contributed by atoms with E-state index in [1.807, 2.05) is 42.5 Å². The molecule has 0 unspecified atom stereocenters. The van der Waals surface area contributed by atoms with Gasteiger partial charge in [0.1, 0.15) is 18.1 Å². The highest BCUT2D eigenvalue weighted by Crippen LogP contribution is 2.23. The molecule has 0 heterocycles. The van der Waals surface area contributed by atoms with E-state index < -0.39 is 0 Å². The van der Waals surface area contributed by atoms with Gasteiger partial charge >= 0.3 is 0 Å². The van der Waals surface area contributed by atoms with Crippen LogP contribution in [0, 0.1) is 0 Å². The molecule has 1 N–H and O–H groups in total. The Morgan fingerprint density at radius 2 is 1.59 bits per heavy atom. The maximum atomic E-state index is 6.19. The van der Waals surface area contributed by atoms with Crippen LogP contribution in [0.1, 0.15) is 16.7 Å². The summed E-state index contributed by atoms with van der Waals surface area (Å²) in [4.78, 5) is 0. The van der Waals surface area contributed by atoms with Crippen LogP contribution in [-0.2, 0) is 19.7 Å². The second-order valence-corrected chi connectivity index (χ2v) is 6.97. The summed E-state index contributed by atoms with van der Waals surface area (Å²) in [5, 5.41) is 4.67. The third-order valence-corrected chi connectivity index (χ3v) is 4.71. The van der Waals surface area contributed by atoms with Crippen molar-refractivity contribution in [1.29, 1.82) is 0 Å². The van der Waals surface area contributed by atoms with Gasteiger partial charge in [-0.1, -0.05) is 53.5 Å². The Morgan fingerprint density at radius 3 is 2.33 bits per heavy atom. The molecule has 3 nitrogen and oxygen atoms in total. The number of nitrogens with one attached hydrogen (secondary N) is 1. The first-order valence-electron chi connectivity index (χ1n) is 8.63. The minimum atomic E-state index is 0.402. The topological polar surface area (TPSA) is 30.5 Å². The summed E-state index contributed by atoms with van der Waals surface area (Å²) in [6.07, 6.45) is 0. The largest absolute Gasteiger partial charge is 0.497 e. The van der Waals surface area contributed by atoms with E-state index in [1.54, 1.807) is 13.2 Å². The van der Waals surface area contributed by atoms with E-state index in [-0.39, 0.29) is 0 Å². The SMILES string of the molecule is COc1ccc(CNCc2cccc(OCc3ccc(Cl)cc3Cl)c2)cc1. The lowest BCUT2D eigenvalue weighted by Crippen LogP contribution is -2.12. The minimum Gasteiger partial charge on any atom is -0.497 e. The fourth-order valence-corrected chi connectivity index (χ4v) is 3.10. The van der Waals surface area contributed by atoms with E-state index in [0.717, 1.165) is 35.7 Å². The van der Waals surface area contributed by atoms with E-state index in [4.69, 9.17) is 32.7 Å². The molecule has 0 bridgehead atoms. The average Bonchev–Trinajstić information content (AvgIpc) is 2.68. The van der Waals surface area contributed by atoms with Gasteiger partial charge in [0.15, 0.2) is 0 Å². The van der Waals surface area contributed by atoms with Gasteiger partial charge in [-0.3, -0.25) is 0 Å². The van der Waals surface area contributed by atoms with Crippen LogP contribution in [0.15, 0.2) is 66.7 Å². The third-order valence-electron chi connectivity index (χ3n) is 4.13. The summed E-state index contributed by atoms with van der Waals surface area (Å²) in [6, 6.07) is 21.5. The van der Waals surface area contributed by atoms with Crippen molar-refractivity contribution in [3.63, 3.8) is 0 Å². The number of rotatable bonds is 8. The molecular formula is C22H21Cl2NO2. The lowest BCUT2D eigenvalue weighted by Gasteiger charge is -2.10. The Bertz CT molecular complexity index is 882. The van der Waals surface area contributed by atoms with E-state index in [0.29, 0.717) is 16.7 Å². The summed E-state index contributed by atoms with van der Waals surface area (Å²) in [7, 11) is 1.67. The zero-order valence-electron chi connectivity index (χ0n) is 15.0. The lowest BCUT2D eigenvalue weighted by molar-refractivity contribution is 0.306. The third kappa shape index (κ3) is 5.90. The smallest absolute Gasteiger partial charge is 0.120 e. The van der Waals surface area contributed by atoms with Gasteiger partial charge in [0.2, 0.25) is 0 Å². The molecule has 0 aliphatic heterocycles. The summed E-state index contributed by atoms with van der Waals surface area (Å²) >= 11 is 12.1. The molecule has 3 aromatic rings. The van der Waals surface area contributed by atoms with Crippen molar-refractivity contribution in [1.82, 2.24) is 5.32 Å². The molecule has 0 aliphatic rings. The maximum absolute atomic E-state index is 6.19. The van der Waals surface area contributed by atoms with Crippen molar-refractivity contribution < 1.29 is 9.47 Å². The van der Waals surface area contributed by atoms with E-state index in [2.05, 4.69) is 23.5 Å². The molecule has 5 heteroatoms. The van der Waals surface area contributed by atoms with Crippen molar-refractivity contribution in [2.24, 2.45) is 0 Å². The Hall–Kier alpha value is -2.20. The van der Waals surface area contributed by atoms with Crippen molar-refractivity contribution in [2.75, 3.05) is 7.11 Å². The van der Waals surface area contributed by atoms with Crippen LogP contribution in [0.25, 0.3) is 0 Å². The molecule has 0 aliphatic carbocycles. The molecule has 27 heavy (non-hydrogen) atoms. The Kier molecular flexibility index (Phi) is 6.99. The molecule has 0 atom stereocenters. The fraction of sp³-hybridized carbons (Fsp3) is 0.182. The van der Waals surface area contributed by atoms with Crippen LogP contribution < -0.4 is 14.8 Å². The normalized spacial score (nSPS) is 10.6. The second kappa shape index (κ2) is 9.65. The zero-order chi connectivity index (χ0) is 19.1. The number of halogens is 2. The highest BCUT2D eigenvalue weighted by Gasteiger charge is 2.03. The van der Waals surface area contributed by atoms with Gasteiger partial charge in [-0.15, -0.1) is 0 Å². The monoisotopic (exact) mass is 401 g/mol. The maximum Gasteiger partial charge on any atom is 0.120 e. The Balaban J connectivity index is 1.52. The molecule has 140 valence electrons. The van der Waals surface area contributed by atoms with Gasteiger partial charge in [0.25, 0.3) is 0 Å². The van der Waals surface area contributed by atoms with Gasteiger partial charge in [0, 0.05) is 28.7 Å². The fourth-order valence-electron chi connectivity index (χ4n) is 2.64. The summed E-state index contributed by atoms with van der Waals surface area (Å²) in [6.45, 7) is 1.94. The first kappa shape index (κ1) is 19.6. The number of hydrogen-bond donors (Lipinski definition) is 1. The van der Waals surface area contributed by atoms with Crippen molar-refractivity contribution in [3.8, 4) is 11.5 Å². The minimum absolute atomic E-state index is 0.402. The van der Waals surface area contributed by atoms with Crippen LogP contribution in [-0.4, -0.2) is 7.11 Å². The number of methoxy groups -OCH3 is 1. The second-order valence-electron chi connectivity index (χ2n) is 6.12. The van der Waals surface area contributed by atoms with Crippen LogP contribution in [0.2, 0.25) is 10.0 Å². The summed E-state index contributed by atoms with van der Waals surface area (Å²) in [5.74, 6) is 1.68. The van der Waals surface area contributed by atoms with Crippen molar-refractivity contribution >= 4 is 23.2 Å². The van der Waals surface area contributed by atoms with Crippen molar-refractivity contribution in [3.05, 3.63) is 93.5 Å². The summed E-state index contributed by atoms with van der Waals surface area (Å²) < 4.78 is 11.0. The Labute approximate surface area is 169 Å². The van der Waals surface area contributed by atoms with Gasteiger partial charge < -0.3 is 14.8 Å². The highest BCUT2D eigenvalue weighted by atomic mass is 35.5. The van der Waals surface area contributed by atoms with Gasteiger partial charge in [-0.2, -0.15) is 0 Å². The molecule has 3 aromatic carbocycles. The zero-order valence-corrected chi connectivity index (χ0v) is 16.6. The number of hydrogen-bond acceptors (Lipinski definition) is 3. The summed E-state index contributed by atoms with van der Waals surface area (Å²) in [5.41, 5.74) is 3.27. The van der Waals surface area contributed by atoms with Crippen LogP contribution in [0.4, 0.5) is 0 Å². The quantitative estimate of drug-likeness (QED) is 0.511. The van der Waals surface area contributed by atoms with E-state index in [1.165, 1.54) is 5.56 Å². The van der Waals surface area contributed by atoms with Crippen LogP contribution in [0.3, 0.4) is 0 Å². The van der Waals surface area contributed by atoms with Crippen molar-refractivity contribution in [2.45, 2.75) is 19.7 Å². The molecule has 0 fully saturated rings. The highest BCUT2D eigenvalue weighted by molar-refractivity contribution is 6.35. The molecule has 0 saturated carbocycles. The lowest BCUT2D eigenvalue weighted by atomic mass is 10.2. The first-order chi connectivity index (χ1) is 13.1. The molecular weight excluding hydrogens is 381 g/mol. The molecule has 0 spiro atoms. The molecule has 3 rings (SSSR count). The predicted octanol–water partition coefficient (Wildman–Crippen LogP) is 5.87. The number of ether oxygens (including phenoxy) is 2.